The first-order valence-corrected chi connectivity index (χ1v) is 8.50. The molecule has 22 heavy (non-hydrogen) atoms. The highest BCUT2D eigenvalue weighted by Gasteiger charge is 2.16. The fourth-order valence-corrected chi connectivity index (χ4v) is 2.72. The maximum atomic E-state index is 12.5. The van der Waals surface area contributed by atoms with Gasteiger partial charge in [0.15, 0.2) is 0 Å². The summed E-state index contributed by atoms with van der Waals surface area (Å²) in [4.78, 5) is 12.5. The second-order valence-corrected chi connectivity index (χ2v) is 6.62. The number of esters is 1. The van der Waals surface area contributed by atoms with Gasteiger partial charge in [-0.05, 0) is 55.3 Å². The van der Waals surface area contributed by atoms with E-state index in [0.717, 1.165) is 20.9 Å². The number of rotatable bonds is 5. The minimum Gasteiger partial charge on any atom is -0.493 e. The van der Waals surface area contributed by atoms with Crippen molar-refractivity contribution in [2.75, 3.05) is 6.61 Å². The summed E-state index contributed by atoms with van der Waals surface area (Å²) >= 11 is 6.76. The summed E-state index contributed by atoms with van der Waals surface area (Å²) in [5, 5.41) is 0. The van der Waals surface area contributed by atoms with Crippen molar-refractivity contribution in [2.45, 2.75) is 20.3 Å². The first-order chi connectivity index (χ1) is 10.5. The molecule has 0 fully saturated rings. The Bertz CT molecular complexity index is 684. The van der Waals surface area contributed by atoms with Crippen LogP contribution in [-0.2, 0) is 0 Å². The first-order valence-electron chi connectivity index (χ1n) is 6.92. The van der Waals surface area contributed by atoms with Crippen LogP contribution in [0.3, 0.4) is 0 Å². The monoisotopic (exact) mass is 426 g/mol. The molecule has 2 rings (SSSR count). The zero-order valence-corrected chi connectivity index (χ0v) is 15.5. The predicted octanol–water partition coefficient (Wildman–Crippen LogP) is 5.53. The smallest absolute Gasteiger partial charge is 0.347 e. The molecule has 0 bridgehead atoms. The average molecular weight is 428 g/mol. The Hall–Kier alpha value is -1.33. The lowest BCUT2D eigenvalue weighted by molar-refractivity contribution is 0.0729. The van der Waals surface area contributed by atoms with Crippen molar-refractivity contribution in [1.82, 2.24) is 0 Å². The van der Waals surface area contributed by atoms with E-state index in [1.165, 1.54) is 0 Å². The van der Waals surface area contributed by atoms with Crippen LogP contribution in [0.4, 0.5) is 0 Å². The minimum absolute atomic E-state index is 0.408. The SMILES string of the molecule is CCCOc1ccc(Br)cc1C(=O)Oc1ccc(Br)cc1C. The van der Waals surface area contributed by atoms with Crippen LogP contribution >= 0.6 is 31.9 Å². The first kappa shape index (κ1) is 17.0. The summed E-state index contributed by atoms with van der Waals surface area (Å²) < 4.78 is 12.9. The van der Waals surface area contributed by atoms with Crippen LogP contribution < -0.4 is 9.47 Å². The van der Waals surface area contributed by atoms with Crippen molar-refractivity contribution in [2.24, 2.45) is 0 Å². The number of benzene rings is 2. The third-order valence-electron chi connectivity index (χ3n) is 2.96. The second kappa shape index (κ2) is 7.79. The second-order valence-electron chi connectivity index (χ2n) is 4.79. The number of ether oxygens (including phenoxy) is 2. The van der Waals surface area contributed by atoms with Gasteiger partial charge in [0.1, 0.15) is 17.1 Å². The molecule has 0 amide bonds. The van der Waals surface area contributed by atoms with Gasteiger partial charge in [0.05, 0.1) is 6.61 Å². The summed E-state index contributed by atoms with van der Waals surface area (Å²) in [5.41, 5.74) is 1.29. The quantitative estimate of drug-likeness (QED) is 0.465. The number of carbonyl (C=O) groups is 1. The fraction of sp³-hybridized carbons (Fsp3) is 0.235. The molecule has 0 saturated carbocycles. The van der Waals surface area contributed by atoms with E-state index in [1.807, 2.05) is 32.0 Å². The Morgan fingerprint density at radius 1 is 1.05 bits per heavy atom. The van der Waals surface area contributed by atoms with Crippen molar-refractivity contribution in [3.63, 3.8) is 0 Å². The molecule has 0 radical (unpaired) electrons. The standard InChI is InChI=1S/C17H16Br2O3/c1-3-8-21-16-7-5-13(19)10-14(16)17(20)22-15-6-4-12(18)9-11(15)2/h4-7,9-10H,3,8H2,1-2H3. The molecule has 0 atom stereocenters. The van der Waals surface area contributed by atoms with Gasteiger partial charge in [0.25, 0.3) is 0 Å². The van der Waals surface area contributed by atoms with Crippen molar-refractivity contribution >= 4 is 37.8 Å². The molecular weight excluding hydrogens is 412 g/mol. The van der Waals surface area contributed by atoms with Crippen molar-refractivity contribution < 1.29 is 14.3 Å². The molecule has 116 valence electrons. The topological polar surface area (TPSA) is 35.5 Å². The van der Waals surface area contributed by atoms with E-state index >= 15 is 0 Å². The lowest BCUT2D eigenvalue weighted by atomic mass is 10.2. The molecule has 2 aromatic carbocycles. The normalized spacial score (nSPS) is 10.4. The number of hydrogen-bond acceptors (Lipinski definition) is 3. The van der Waals surface area contributed by atoms with Gasteiger partial charge in [-0.1, -0.05) is 38.8 Å². The molecule has 0 aliphatic carbocycles. The van der Waals surface area contributed by atoms with Crippen LogP contribution in [0.25, 0.3) is 0 Å². The van der Waals surface area contributed by atoms with E-state index in [1.54, 1.807) is 18.2 Å². The van der Waals surface area contributed by atoms with Gasteiger partial charge in [0, 0.05) is 8.95 Å². The van der Waals surface area contributed by atoms with Crippen molar-refractivity contribution in [3.05, 3.63) is 56.5 Å². The van der Waals surface area contributed by atoms with Crippen molar-refractivity contribution in [3.8, 4) is 11.5 Å². The van der Waals surface area contributed by atoms with Crippen LogP contribution in [0.15, 0.2) is 45.3 Å². The predicted molar refractivity (Wildman–Crippen MR) is 93.8 cm³/mol. The van der Waals surface area contributed by atoms with Crippen LogP contribution in [0, 0.1) is 6.92 Å². The van der Waals surface area contributed by atoms with Crippen LogP contribution in [0.2, 0.25) is 0 Å². The maximum absolute atomic E-state index is 12.5. The van der Waals surface area contributed by atoms with E-state index in [9.17, 15) is 4.79 Å². The average Bonchev–Trinajstić information content (AvgIpc) is 2.48. The van der Waals surface area contributed by atoms with Gasteiger partial charge in [-0.3, -0.25) is 0 Å². The molecule has 5 heteroatoms. The lowest BCUT2D eigenvalue weighted by Gasteiger charge is -2.12. The number of carbonyl (C=O) groups excluding carboxylic acids is 1. The van der Waals surface area contributed by atoms with Gasteiger partial charge >= 0.3 is 5.97 Å². The van der Waals surface area contributed by atoms with E-state index < -0.39 is 5.97 Å². The summed E-state index contributed by atoms with van der Waals surface area (Å²) in [6.07, 6.45) is 0.871. The molecule has 0 spiro atoms. The largest absolute Gasteiger partial charge is 0.493 e. The van der Waals surface area contributed by atoms with Crippen LogP contribution in [0.1, 0.15) is 29.3 Å². The van der Waals surface area contributed by atoms with E-state index in [-0.39, 0.29) is 0 Å². The molecule has 0 aromatic heterocycles. The van der Waals surface area contributed by atoms with E-state index in [0.29, 0.717) is 23.7 Å². The highest BCUT2D eigenvalue weighted by molar-refractivity contribution is 9.10. The fourth-order valence-electron chi connectivity index (χ4n) is 1.88. The molecule has 0 aliphatic heterocycles. The van der Waals surface area contributed by atoms with Gasteiger partial charge in [0.2, 0.25) is 0 Å². The van der Waals surface area contributed by atoms with Gasteiger partial charge in [-0.2, -0.15) is 0 Å². The van der Waals surface area contributed by atoms with Gasteiger partial charge < -0.3 is 9.47 Å². The van der Waals surface area contributed by atoms with Gasteiger partial charge in [-0.25, -0.2) is 4.79 Å². The van der Waals surface area contributed by atoms with Crippen molar-refractivity contribution in [1.29, 1.82) is 0 Å². The summed E-state index contributed by atoms with van der Waals surface area (Å²) in [6.45, 7) is 4.46. The molecule has 2 aromatic rings. The highest BCUT2D eigenvalue weighted by atomic mass is 79.9. The third kappa shape index (κ3) is 4.34. The number of hydrogen-bond donors (Lipinski definition) is 0. The molecule has 3 nitrogen and oxygen atoms in total. The zero-order valence-electron chi connectivity index (χ0n) is 12.4. The molecule has 0 saturated heterocycles. The van der Waals surface area contributed by atoms with Gasteiger partial charge in [-0.15, -0.1) is 0 Å². The molecule has 0 N–H and O–H groups in total. The Labute approximate surface area is 146 Å². The third-order valence-corrected chi connectivity index (χ3v) is 3.95. The molecule has 0 aliphatic rings. The summed E-state index contributed by atoms with van der Waals surface area (Å²) in [6, 6.07) is 10.8. The Morgan fingerprint density at radius 2 is 1.68 bits per heavy atom. The van der Waals surface area contributed by atoms with E-state index in [4.69, 9.17) is 9.47 Å². The highest BCUT2D eigenvalue weighted by Crippen LogP contribution is 2.27. The zero-order chi connectivity index (χ0) is 16.1. The Kier molecular flexibility index (Phi) is 6.03. The number of halogens is 2. The maximum Gasteiger partial charge on any atom is 0.347 e. The summed E-state index contributed by atoms with van der Waals surface area (Å²) in [7, 11) is 0. The van der Waals surface area contributed by atoms with E-state index in [2.05, 4.69) is 31.9 Å². The number of aryl methyl sites for hydroxylation is 1. The lowest BCUT2D eigenvalue weighted by Crippen LogP contribution is -2.12. The Morgan fingerprint density at radius 3 is 2.32 bits per heavy atom. The summed E-state index contributed by atoms with van der Waals surface area (Å²) in [5.74, 6) is 0.636. The molecule has 0 heterocycles. The van der Waals surface area contributed by atoms with Crippen LogP contribution in [0.5, 0.6) is 11.5 Å². The molecule has 0 unspecified atom stereocenters. The minimum atomic E-state index is -0.433. The Balaban J connectivity index is 2.26. The molecular formula is C17H16Br2O3. The van der Waals surface area contributed by atoms with Crippen LogP contribution in [-0.4, -0.2) is 12.6 Å².